The van der Waals surface area contributed by atoms with Crippen LogP contribution in [0.5, 0.6) is 0 Å². The molecule has 0 saturated heterocycles. The minimum absolute atomic E-state index is 0.139. The van der Waals surface area contributed by atoms with Gasteiger partial charge in [-0.25, -0.2) is 8.42 Å². The van der Waals surface area contributed by atoms with Gasteiger partial charge in [0.15, 0.2) is 0 Å². The van der Waals surface area contributed by atoms with Crippen molar-refractivity contribution in [3.05, 3.63) is 52.0 Å². The Kier molecular flexibility index (Phi) is 4.16. The number of nitrogens with one attached hydrogen (secondary N) is 1. The van der Waals surface area contributed by atoms with Crippen molar-refractivity contribution in [3.8, 4) is 0 Å². The molecule has 112 valence electrons. The minimum atomic E-state index is -3.69. The highest BCUT2D eigenvalue weighted by Gasteiger charge is 2.16. The van der Waals surface area contributed by atoms with Crippen molar-refractivity contribution >= 4 is 33.0 Å². The van der Waals surface area contributed by atoms with E-state index in [0.717, 1.165) is 16.7 Å². The average molecular weight is 325 g/mol. The van der Waals surface area contributed by atoms with Gasteiger partial charge < -0.3 is 5.73 Å². The third-order valence-electron chi connectivity index (χ3n) is 3.42. The molecule has 0 amide bonds. The SMILES string of the molecule is Cc1ccc(NS(=O)(=O)c2cc(C)c(C)c(N)c2)cc1Cl. The van der Waals surface area contributed by atoms with Gasteiger partial charge in [-0.2, -0.15) is 0 Å². The van der Waals surface area contributed by atoms with Crippen LogP contribution in [0.3, 0.4) is 0 Å². The Balaban J connectivity index is 2.40. The first-order valence-electron chi connectivity index (χ1n) is 6.36. The molecule has 4 nitrogen and oxygen atoms in total. The van der Waals surface area contributed by atoms with Crippen LogP contribution in [0.15, 0.2) is 35.2 Å². The first-order chi connectivity index (χ1) is 9.70. The zero-order valence-electron chi connectivity index (χ0n) is 12.1. The minimum Gasteiger partial charge on any atom is -0.398 e. The fourth-order valence-corrected chi connectivity index (χ4v) is 3.23. The van der Waals surface area contributed by atoms with Crippen molar-refractivity contribution in [3.63, 3.8) is 0 Å². The Morgan fingerprint density at radius 2 is 1.71 bits per heavy atom. The summed E-state index contributed by atoms with van der Waals surface area (Å²) in [4.78, 5) is 0.139. The van der Waals surface area contributed by atoms with E-state index >= 15 is 0 Å². The van der Waals surface area contributed by atoms with Crippen LogP contribution in [0.1, 0.15) is 16.7 Å². The number of halogens is 1. The lowest BCUT2D eigenvalue weighted by Gasteiger charge is -2.12. The molecule has 0 spiro atoms. The lowest BCUT2D eigenvalue weighted by Crippen LogP contribution is -2.14. The first-order valence-corrected chi connectivity index (χ1v) is 8.22. The van der Waals surface area contributed by atoms with Crippen LogP contribution in [0.2, 0.25) is 5.02 Å². The molecule has 0 heterocycles. The number of anilines is 2. The van der Waals surface area contributed by atoms with E-state index in [4.69, 9.17) is 17.3 Å². The maximum atomic E-state index is 12.4. The zero-order chi connectivity index (χ0) is 15.8. The maximum absolute atomic E-state index is 12.4. The highest BCUT2D eigenvalue weighted by Crippen LogP contribution is 2.25. The van der Waals surface area contributed by atoms with Crippen LogP contribution < -0.4 is 10.5 Å². The summed E-state index contributed by atoms with van der Waals surface area (Å²) in [6, 6.07) is 8.07. The number of hydrogen-bond acceptors (Lipinski definition) is 3. The molecule has 0 unspecified atom stereocenters. The van der Waals surface area contributed by atoms with Crippen LogP contribution in [0, 0.1) is 20.8 Å². The normalized spacial score (nSPS) is 11.4. The van der Waals surface area contributed by atoms with E-state index < -0.39 is 10.0 Å². The predicted octanol–water partition coefficient (Wildman–Crippen LogP) is 3.65. The quantitative estimate of drug-likeness (QED) is 0.846. The van der Waals surface area contributed by atoms with Crippen LogP contribution in [-0.2, 0) is 10.0 Å². The highest BCUT2D eigenvalue weighted by atomic mass is 35.5. The van der Waals surface area contributed by atoms with Crippen molar-refractivity contribution in [2.45, 2.75) is 25.7 Å². The van der Waals surface area contributed by atoms with Gasteiger partial charge in [-0.3, -0.25) is 4.72 Å². The second-order valence-corrected chi connectivity index (χ2v) is 7.11. The standard InChI is InChI=1S/C15H17ClN2O2S/c1-9-4-5-12(7-14(9)16)18-21(19,20)13-6-10(2)11(3)15(17)8-13/h4-8,18H,17H2,1-3H3. The number of rotatable bonds is 3. The van der Waals surface area contributed by atoms with Gasteiger partial charge in [-0.15, -0.1) is 0 Å². The summed E-state index contributed by atoms with van der Waals surface area (Å²) < 4.78 is 27.3. The second-order valence-electron chi connectivity index (χ2n) is 5.02. The second kappa shape index (κ2) is 5.58. The molecule has 0 aliphatic heterocycles. The molecule has 21 heavy (non-hydrogen) atoms. The fourth-order valence-electron chi connectivity index (χ4n) is 1.88. The van der Waals surface area contributed by atoms with Crippen LogP contribution in [-0.4, -0.2) is 8.42 Å². The smallest absolute Gasteiger partial charge is 0.261 e. The van der Waals surface area contributed by atoms with Crippen LogP contribution >= 0.6 is 11.6 Å². The van der Waals surface area contributed by atoms with Crippen molar-refractivity contribution in [2.75, 3.05) is 10.5 Å². The van der Waals surface area contributed by atoms with Crippen LogP contribution in [0.25, 0.3) is 0 Å². The van der Waals surface area contributed by atoms with E-state index in [1.54, 1.807) is 24.3 Å². The number of nitrogen functional groups attached to an aromatic ring is 1. The Labute approximate surface area is 130 Å². The molecule has 6 heteroatoms. The largest absolute Gasteiger partial charge is 0.398 e. The molecule has 2 aromatic carbocycles. The van der Waals surface area contributed by atoms with E-state index in [1.165, 1.54) is 6.07 Å². The molecule has 0 aliphatic carbocycles. The van der Waals surface area contributed by atoms with Gasteiger partial charge in [-0.05, 0) is 61.7 Å². The number of hydrogen-bond donors (Lipinski definition) is 2. The van der Waals surface area contributed by atoms with Gasteiger partial charge in [-0.1, -0.05) is 17.7 Å². The third kappa shape index (κ3) is 3.31. The van der Waals surface area contributed by atoms with Gasteiger partial charge in [0.05, 0.1) is 10.6 Å². The number of aryl methyl sites for hydroxylation is 2. The lowest BCUT2D eigenvalue weighted by atomic mass is 10.1. The average Bonchev–Trinajstić information content (AvgIpc) is 2.39. The summed E-state index contributed by atoms with van der Waals surface area (Å²) in [7, 11) is -3.69. The molecule has 0 aromatic heterocycles. The summed E-state index contributed by atoms with van der Waals surface area (Å²) in [5, 5.41) is 0.509. The molecular formula is C15H17ClN2O2S. The summed E-state index contributed by atoms with van der Waals surface area (Å²) in [5.74, 6) is 0. The van der Waals surface area contributed by atoms with Gasteiger partial charge in [0, 0.05) is 10.7 Å². The lowest BCUT2D eigenvalue weighted by molar-refractivity contribution is 0.601. The molecule has 0 atom stereocenters. The van der Waals surface area contributed by atoms with Crippen molar-refractivity contribution in [1.29, 1.82) is 0 Å². The molecule has 0 saturated carbocycles. The molecule has 0 aliphatic rings. The van der Waals surface area contributed by atoms with Gasteiger partial charge >= 0.3 is 0 Å². The molecule has 2 aromatic rings. The van der Waals surface area contributed by atoms with E-state index in [2.05, 4.69) is 4.72 Å². The van der Waals surface area contributed by atoms with Crippen molar-refractivity contribution in [1.82, 2.24) is 0 Å². The van der Waals surface area contributed by atoms with E-state index in [1.807, 2.05) is 20.8 Å². The predicted molar refractivity (Wildman–Crippen MR) is 87.3 cm³/mol. The zero-order valence-corrected chi connectivity index (χ0v) is 13.6. The monoisotopic (exact) mass is 324 g/mol. The first kappa shape index (κ1) is 15.7. The van der Waals surface area contributed by atoms with Crippen LogP contribution in [0.4, 0.5) is 11.4 Å². The Hall–Kier alpha value is -1.72. The topological polar surface area (TPSA) is 72.2 Å². The molecule has 0 radical (unpaired) electrons. The molecule has 2 rings (SSSR count). The molecule has 0 fully saturated rings. The Bertz CT molecular complexity index is 778. The highest BCUT2D eigenvalue weighted by molar-refractivity contribution is 7.92. The van der Waals surface area contributed by atoms with Crippen molar-refractivity contribution < 1.29 is 8.42 Å². The summed E-state index contributed by atoms with van der Waals surface area (Å²) in [6.45, 7) is 5.53. The summed E-state index contributed by atoms with van der Waals surface area (Å²) in [5.41, 5.74) is 9.31. The van der Waals surface area contributed by atoms with Gasteiger partial charge in [0.25, 0.3) is 10.0 Å². The third-order valence-corrected chi connectivity index (χ3v) is 5.18. The Morgan fingerprint density at radius 3 is 2.29 bits per heavy atom. The van der Waals surface area contributed by atoms with Gasteiger partial charge in [0.1, 0.15) is 0 Å². The van der Waals surface area contributed by atoms with Gasteiger partial charge in [0.2, 0.25) is 0 Å². The molecule has 3 N–H and O–H groups in total. The Morgan fingerprint density at radius 1 is 1.05 bits per heavy atom. The number of nitrogens with two attached hydrogens (primary N) is 1. The van der Waals surface area contributed by atoms with E-state index in [9.17, 15) is 8.42 Å². The van der Waals surface area contributed by atoms with E-state index in [-0.39, 0.29) is 4.90 Å². The van der Waals surface area contributed by atoms with Crippen molar-refractivity contribution in [2.24, 2.45) is 0 Å². The fraction of sp³-hybridized carbons (Fsp3) is 0.200. The maximum Gasteiger partial charge on any atom is 0.261 e. The number of sulfonamides is 1. The molecular weight excluding hydrogens is 308 g/mol. The molecule has 0 bridgehead atoms. The number of benzene rings is 2. The van der Waals surface area contributed by atoms with E-state index in [0.29, 0.717) is 16.4 Å². The summed E-state index contributed by atoms with van der Waals surface area (Å²) >= 11 is 6.01. The summed E-state index contributed by atoms with van der Waals surface area (Å²) in [6.07, 6.45) is 0.